The number of fused-ring (bicyclic) bond motifs is 1. The Hall–Kier alpha value is -3.17. The van der Waals surface area contributed by atoms with Crippen molar-refractivity contribution in [3.05, 3.63) is 54.6 Å². The SMILES string of the molecule is CN(C)c1ccc(-c2ccc(-c3nc4ccc(NCC(O)CF)cc4s3)c(F)n2)cn1. The van der Waals surface area contributed by atoms with Gasteiger partial charge in [0.2, 0.25) is 5.95 Å². The molecule has 31 heavy (non-hydrogen) atoms. The van der Waals surface area contributed by atoms with Crippen LogP contribution in [-0.4, -0.2) is 53.5 Å². The Kier molecular flexibility index (Phi) is 6.06. The first-order valence-corrected chi connectivity index (χ1v) is 10.5. The number of rotatable bonds is 7. The largest absolute Gasteiger partial charge is 0.389 e. The minimum Gasteiger partial charge on any atom is -0.389 e. The third kappa shape index (κ3) is 4.62. The number of pyridine rings is 2. The fourth-order valence-electron chi connectivity index (χ4n) is 3.00. The first-order chi connectivity index (χ1) is 14.9. The zero-order chi connectivity index (χ0) is 22.0. The highest BCUT2D eigenvalue weighted by molar-refractivity contribution is 7.21. The van der Waals surface area contributed by atoms with Gasteiger partial charge >= 0.3 is 0 Å². The van der Waals surface area contributed by atoms with Gasteiger partial charge in [-0.3, -0.25) is 0 Å². The van der Waals surface area contributed by atoms with E-state index in [0.29, 0.717) is 16.3 Å². The Morgan fingerprint density at radius 2 is 1.97 bits per heavy atom. The van der Waals surface area contributed by atoms with Crippen LogP contribution in [-0.2, 0) is 0 Å². The fourth-order valence-corrected chi connectivity index (χ4v) is 4.02. The standard InChI is InChI=1S/C22H21F2N5OS/c1-29(2)20-8-3-13(11-26-20)17-7-5-16(21(24)27-17)22-28-18-6-4-14(9-19(18)31-22)25-12-15(30)10-23/h3-9,11,15,25,30H,10,12H2,1-2H3. The maximum atomic E-state index is 14.8. The van der Waals surface area contributed by atoms with Crippen molar-refractivity contribution >= 4 is 33.1 Å². The molecule has 9 heteroatoms. The monoisotopic (exact) mass is 441 g/mol. The average molecular weight is 442 g/mol. The molecule has 2 N–H and O–H groups in total. The van der Waals surface area contributed by atoms with Gasteiger partial charge in [0.1, 0.15) is 17.5 Å². The second kappa shape index (κ2) is 8.91. The van der Waals surface area contributed by atoms with Crippen molar-refractivity contribution in [1.82, 2.24) is 15.0 Å². The van der Waals surface area contributed by atoms with Crippen LogP contribution < -0.4 is 10.2 Å². The number of aliphatic hydroxyl groups is 1. The second-order valence-electron chi connectivity index (χ2n) is 7.22. The molecule has 0 spiro atoms. The van der Waals surface area contributed by atoms with E-state index in [9.17, 15) is 13.9 Å². The van der Waals surface area contributed by atoms with Crippen LogP contribution in [0.15, 0.2) is 48.7 Å². The lowest BCUT2D eigenvalue weighted by atomic mass is 10.1. The van der Waals surface area contributed by atoms with Crippen molar-refractivity contribution < 1.29 is 13.9 Å². The molecule has 4 aromatic rings. The van der Waals surface area contributed by atoms with Crippen molar-refractivity contribution in [2.24, 2.45) is 0 Å². The van der Waals surface area contributed by atoms with Crippen LogP contribution in [0.2, 0.25) is 0 Å². The first-order valence-electron chi connectivity index (χ1n) is 9.64. The van der Waals surface area contributed by atoms with Crippen LogP contribution in [0.1, 0.15) is 0 Å². The molecule has 1 atom stereocenters. The Balaban J connectivity index is 1.58. The summed E-state index contributed by atoms with van der Waals surface area (Å²) in [6, 6.07) is 12.6. The molecule has 0 radical (unpaired) electrons. The van der Waals surface area contributed by atoms with E-state index in [4.69, 9.17) is 0 Å². The summed E-state index contributed by atoms with van der Waals surface area (Å²) in [5.41, 5.74) is 3.01. The topological polar surface area (TPSA) is 74.2 Å². The molecule has 0 bridgehead atoms. The van der Waals surface area contributed by atoms with Crippen LogP contribution in [0.5, 0.6) is 0 Å². The summed E-state index contributed by atoms with van der Waals surface area (Å²) in [5, 5.41) is 12.9. The summed E-state index contributed by atoms with van der Waals surface area (Å²) < 4.78 is 28.1. The number of nitrogens with one attached hydrogen (secondary N) is 1. The number of nitrogens with zero attached hydrogens (tertiary/aromatic N) is 4. The van der Waals surface area contributed by atoms with E-state index in [1.165, 1.54) is 11.3 Å². The van der Waals surface area contributed by atoms with E-state index in [-0.39, 0.29) is 6.54 Å². The maximum Gasteiger partial charge on any atom is 0.223 e. The summed E-state index contributed by atoms with van der Waals surface area (Å²) >= 11 is 1.34. The Morgan fingerprint density at radius 1 is 1.13 bits per heavy atom. The number of aromatic nitrogens is 3. The molecule has 0 fully saturated rings. The van der Waals surface area contributed by atoms with E-state index in [2.05, 4.69) is 20.3 Å². The molecule has 0 aliphatic heterocycles. The number of hydrogen-bond donors (Lipinski definition) is 2. The minimum absolute atomic E-state index is 0.109. The highest BCUT2D eigenvalue weighted by atomic mass is 32.1. The lowest BCUT2D eigenvalue weighted by Crippen LogP contribution is -2.21. The summed E-state index contributed by atoms with van der Waals surface area (Å²) in [6.07, 6.45) is 0.615. The number of hydrogen-bond acceptors (Lipinski definition) is 7. The molecule has 1 aromatic carbocycles. The van der Waals surface area contributed by atoms with Crippen LogP contribution in [0.3, 0.4) is 0 Å². The highest BCUT2D eigenvalue weighted by Crippen LogP contribution is 2.33. The highest BCUT2D eigenvalue weighted by Gasteiger charge is 2.14. The van der Waals surface area contributed by atoms with Gasteiger partial charge in [-0.05, 0) is 42.5 Å². The molecule has 0 saturated heterocycles. The zero-order valence-electron chi connectivity index (χ0n) is 17.0. The molecule has 0 aliphatic carbocycles. The van der Waals surface area contributed by atoms with Crippen molar-refractivity contribution in [2.75, 3.05) is 37.5 Å². The predicted octanol–water partition coefficient (Wildman–Crippen LogP) is 4.37. The number of benzene rings is 1. The lowest BCUT2D eigenvalue weighted by molar-refractivity contribution is 0.151. The normalized spacial score (nSPS) is 12.2. The van der Waals surface area contributed by atoms with Gasteiger partial charge in [0.05, 0.1) is 27.6 Å². The number of thiazole rings is 1. The van der Waals surface area contributed by atoms with Crippen LogP contribution in [0, 0.1) is 5.95 Å². The molecule has 1 unspecified atom stereocenters. The number of aliphatic hydroxyl groups excluding tert-OH is 1. The summed E-state index contributed by atoms with van der Waals surface area (Å²) in [6.45, 7) is -0.698. The molecule has 0 amide bonds. The summed E-state index contributed by atoms with van der Waals surface area (Å²) in [7, 11) is 3.80. The third-order valence-corrected chi connectivity index (χ3v) is 5.74. The van der Waals surface area contributed by atoms with Gasteiger partial charge in [-0.25, -0.2) is 19.3 Å². The molecule has 6 nitrogen and oxygen atoms in total. The molecule has 4 rings (SSSR count). The van der Waals surface area contributed by atoms with Crippen molar-refractivity contribution in [2.45, 2.75) is 6.10 Å². The summed E-state index contributed by atoms with van der Waals surface area (Å²) in [5.74, 6) is 0.209. The van der Waals surface area contributed by atoms with Crippen molar-refractivity contribution in [1.29, 1.82) is 0 Å². The van der Waals surface area contributed by atoms with Gasteiger partial charge in [0.25, 0.3) is 0 Å². The Morgan fingerprint density at radius 3 is 2.65 bits per heavy atom. The second-order valence-corrected chi connectivity index (χ2v) is 8.26. The lowest BCUT2D eigenvalue weighted by Gasteiger charge is -2.11. The summed E-state index contributed by atoms with van der Waals surface area (Å²) in [4.78, 5) is 14.9. The number of halogens is 2. The molecular formula is C22H21F2N5OS. The van der Waals surface area contributed by atoms with Crippen LogP contribution >= 0.6 is 11.3 Å². The van der Waals surface area contributed by atoms with Gasteiger partial charge in [0, 0.05) is 38.1 Å². The van der Waals surface area contributed by atoms with Crippen LogP contribution in [0.4, 0.5) is 20.3 Å². The van der Waals surface area contributed by atoms with E-state index >= 15 is 0 Å². The van der Waals surface area contributed by atoms with Crippen molar-refractivity contribution in [3.8, 4) is 21.8 Å². The first kappa shape index (κ1) is 21.1. The molecule has 160 valence electrons. The quantitative estimate of drug-likeness (QED) is 0.415. The maximum absolute atomic E-state index is 14.8. The number of alkyl halides is 1. The van der Waals surface area contributed by atoms with E-state index < -0.39 is 18.7 Å². The molecular weight excluding hydrogens is 420 g/mol. The molecule has 0 aliphatic rings. The van der Waals surface area contributed by atoms with E-state index in [0.717, 1.165) is 27.3 Å². The van der Waals surface area contributed by atoms with Gasteiger partial charge in [0.15, 0.2) is 0 Å². The average Bonchev–Trinajstić information content (AvgIpc) is 3.20. The Bertz CT molecular complexity index is 1200. The van der Waals surface area contributed by atoms with Gasteiger partial charge in [-0.2, -0.15) is 4.39 Å². The third-order valence-electron chi connectivity index (χ3n) is 4.69. The smallest absolute Gasteiger partial charge is 0.223 e. The van der Waals surface area contributed by atoms with E-state index in [1.54, 1.807) is 30.5 Å². The Labute approximate surface area is 182 Å². The van der Waals surface area contributed by atoms with Gasteiger partial charge < -0.3 is 15.3 Å². The fraction of sp³-hybridized carbons (Fsp3) is 0.227. The predicted molar refractivity (Wildman–Crippen MR) is 121 cm³/mol. The zero-order valence-corrected chi connectivity index (χ0v) is 17.8. The molecule has 3 heterocycles. The molecule has 0 saturated carbocycles. The number of anilines is 2. The van der Waals surface area contributed by atoms with Crippen molar-refractivity contribution in [3.63, 3.8) is 0 Å². The van der Waals surface area contributed by atoms with Gasteiger partial charge in [-0.1, -0.05) is 0 Å². The molecule has 3 aromatic heterocycles. The van der Waals surface area contributed by atoms with Gasteiger partial charge in [-0.15, -0.1) is 11.3 Å². The van der Waals surface area contributed by atoms with Crippen LogP contribution in [0.25, 0.3) is 32.0 Å². The minimum atomic E-state index is -1.05. The van der Waals surface area contributed by atoms with E-state index in [1.807, 2.05) is 37.2 Å².